The molecule has 0 radical (unpaired) electrons. The highest BCUT2D eigenvalue weighted by Crippen LogP contribution is 2.19. The molecule has 1 aromatic rings. The van der Waals surface area contributed by atoms with Crippen molar-refractivity contribution in [1.29, 1.82) is 0 Å². The molecule has 0 amide bonds. The molecule has 90 valence electrons. The van der Waals surface area contributed by atoms with E-state index in [-0.39, 0.29) is 0 Å². The number of carbonyl (C=O) groups excluding carboxylic acids is 1. The highest BCUT2D eigenvalue weighted by Gasteiger charge is 2.08. The lowest BCUT2D eigenvalue weighted by Crippen LogP contribution is -2.02. The zero-order valence-electron chi connectivity index (χ0n) is 9.95. The van der Waals surface area contributed by atoms with E-state index >= 15 is 0 Å². The first-order valence-corrected chi connectivity index (χ1v) is 5.18. The van der Waals surface area contributed by atoms with Crippen LogP contribution in [0.25, 0.3) is 0 Å². The standard InChI is InChI=1S/C13H15NO3/c1-16-12-7-6-11(13(15)17-2)9-10(12)5-3-4-8-14/h6-7,9H,4,8,14H2,1-2H3. The Hall–Kier alpha value is -1.99. The summed E-state index contributed by atoms with van der Waals surface area (Å²) < 4.78 is 9.80. The second-order valence-electron chi connectivity index (χ2n) is 3.25. The summed E-state index contributed by atoms with van der Waals surface area (Å²) in [6.45, 7) is 0.506. The third-order valence-corrected chi connectivity index (χ3v) is 2.11. The van der Waals surface area contributed by atoms with E-state index in [2.05, 4.69) is 16.6 Å². The van der Waals surface area contributed by atoms with Crippen molar-refractivity contribution in [2.75, 3.05) is 20.8 Å². The summed E-state index contributed by atoms with van der Waals surface area (Å²) in [5.41, 5.74) is 6.46. The second-order valence-corrected chi connectivity index (χ2v) is 3.25. The van der Waals surface area contributed by atoms with Crippen LogP contribution in [-0.2, 0) is 4.74 Å². The zero-order valence-corrected chi connectivity index (χ0v) is 9.95. The minimum Gasteiger partial charge on any atom is -0.495 e. The molecule has 0 unspecified atom stereocenters. The van der Waals surface area contributed by atoms with Gasteiger partial charge in [-0.3, -0.25) is 0 Å². The number of rotatable bonds is 3. The largest absolute Gasteiger partial charge is 0.495 e. The van der Waals surface area contributed by atoms with Crippen molar-refractivity contribution in [1.82, 2.24) is 0 Å². The van der Waals surface area contributed by atoms with Crippen LogP contribution >= 0.6 is 0 Å². The van der Waals surface area contributed by atoms with E-state index in [0.717, 1.165) is 0 Å². The molecular weight excluding hydrogens is 218 g/mol. The number of nitrogens with two attached hydrogens (primary N) is 1. The third kappa shape index (κ3) is 3.51. The van der Waals surface area contributed by atoms with Gasteiger partial charge in [0.25, 0.3) is 0 Å². The van der Waals surface area contributed by atoms with Gasteiger partial charge in [0, 0.05) is 13.0 Å². The van der Waals surface area contributed by atoms with Crippen molar-refractivity contribution in [3.05, 3.63) is 29.3 Å². The molecule has 0 aliphatic heterocycles. The average Bonchev–Trinajstić information content (AvgIpc) is 2.38. The fourth-order valence-corrected chi connectivity index (χ4v) is 1.28. The van der Waals surface area contributed by atoms with Crippen LogP contribution in [0, 0.1) is 11.8 Å². The van der Waals surface area contributed by atoms with Gasteiger partial charge < -0.3 is 15.2 Å². The first kappa shape index (κ1) is 13.1. The smallest absolute Gasteiger partial charge is 0.337 e. The van der Waals surface area contributed by atoms with Crippen molar-refractivity contribution < 1.29 is 14.3 Å². The number of ether oxygens (including phenoxy) is 2. The molecule has 17 heavy (non-hydrogen) atoms. The van der Waals surface area contributed by atoms with Crippen molar-refractivity contribution in [2.45, 2.75) is 6.42 Å². The van der Waals surface area contributed by atoms with Crippen molar-refractivity contribution in [2.24, 2.45) is 5.73 Å². The van der Waals surface area contributed by atoms with E-state index in [9.17, 15) is 4.79 Å². The molecule has 0 heterocycles. The number of hydrogen-bond acceptors (Lipinski definition) is 4. The molecule has 4 heteroatoms. The summed E-state index contributed by atoms with van der Waals surface area (Å²) in [5.74, 6) is 6.06. The first-order chi connectivity index (χ1) is 8.22. The van der Waals surface area contributed by atoms with Gasteiger partial charge in [0.1, 0.15) is 5.75 Å². The SMILES string of the molecule is COC(=O)c1ccc(OC)c(C#CCCN)c1. The van der Waals surface area contributed by atoms with Crippen LogP contribution in [0.5, 0.6) is 5.75 Å². The summed E-state index contributed by atoms with van der Waals surface area (Å²) in [6.07, 6.45) is 0.603. The molecule has 0 saturated heterocycles. The van der Waals surface area contributed by atoms with Crippen LogP contribution in [0.2, 0.25) is 0 Å². The lowest BCUT2D eigenvalue weighted by atomic mass is 10.1. The van der Waals surface area contributed by atoms with Gasteiger partial charge in [-0.2, -0.15) is 0 Å². The minimum atomic E-state index is -0.394. The summed E-state index contributed by atoms with van der Waals surface area (Å²) in [7, 11) is 2.90. The Balaban J connectivity index is 3.07. The van der Waals surface area contributed by atoms with Crippen molar-refractivity contribution in [3.8, 4) is 17.6 Å². The van der Waals surface area contributed by atoms with Gasteiger partial charge in [0.15, 0.2) is 0 Å². The molecule has 0 aromatic heterocycles. The summed E-state index contributed by atoms with van der Waals surface area (Å²) in [5, 5.41) is 0. The number of benzene rings is 1. The molecular formula is C13H15NO3. The second kappa shape index (κ2) is 6.56. The quantitative estimate of drug-likeness (QED) is 0.629. The maximum absolute atomic E-state index is 11.4. The van der Waals surface area contributed by atoms with Gasteiger partial charge in [-0.05, 0) is 18.2 Å². The average molecular weight is 233 g/mol. The van der Waals surface area contributed by atoms with Crippen LogP contribution in [0.4, 0.5) is 0 Å². The van der Waals surface area contributed by atoms with E-state index in [4.69, 9.17) is 10.5 Å². The molecule has 0 fully saturated rings. The van der Waals surface area contributed by atoms with Gasteiger partial charge in [0.05, 0.1) is 25.3 Å². The Morgan fingerprint density at radius 3 is 2.76 bits per heavy atom. The Kier molecular flexibility index (Phi) is 5.05. The van der Waals surface area contributed by atoms with E-state index in [0.29, 0.717) is 29.8 Å². The Morgan fingerprint density at radius 1 is 1.41 bits per heavy atom. The highest BCUT2D eigenvalue weighted by atomic mass is 16.5. The van der Waals surface area contributed by atoms with E-state index < -0.39 is 5.97 Å². The van der Waals surface area contributed by atoms with Gasteiger partial charge in [-0.1, -0.05) is 11.8 Å². The number of hydrogen-bond donors (Lipinski definition) is 1. The predicted octanol–water partition coefficient (Wildman–Crippen LogP) is 1.18. The number of esters is 1. The van der Waals surface area contributed by atoms with Crippen LogP contribution in [0.3, 0.4) is 0 Å². The van der Waals surface area contributed by atoms with Gasteiger partial charge in [-0.15, -0.1) is 0 Å². The molecule has 0 atom stereocenters. The minimum absolute atomic E-state index is 0.394. The molecule has 0 saturated carbocycles. The first-order valence-electron chi connectivity index (χ1n) is 5.18. The normalized spacial score (nSPS) is 9.12. The lowest BCUT2D eigenvalue weighted by molar-refractivity contribution is 0.0600. The number of carbonyl (C=O) groups is 1. The van der Waals surface area contributed by atoms with Gasteiger partial charge >= 0.3 is 5.97 Å². The molecule has 0 bridgehead atoms. The highest BCUT2D eigenvalue weighted by molar-refractivity contribution is 5.90. The van der Waals surface area contributed by atoms with Crippen molar-refractivity contribution in [3.63, 3.8) is 0 Å². The van der Waals surface area contributed by atoms with Gasteiger partial charge in [-0.25, -0.2) is 4.79 Å². The maximum atomic E-state index is 11.4. The zero-order chi connectivity index (χ0) is 12.7. The lowest BCUT2D eigenvalue weighted by Gasteiger charge is -2.05. The number of methoxy groups -OCH3 is 2. The monoisotopic (exact) mass is 233 g/mol. The van der Waals surface area contributed by atoms with Crippen LogP contribution in [-0.4, -0.2) is 26.7 Å². The molecule has 2 N–H and O–H groups in total. The van der Waals surface area contributed by atoms with Gasteiger partial charge in [0.2, 0.25) is 0 Å². The fourth-order valence-electron chi connectivity index (χ4n) is 1.28. The van der Waals surface area contributed by atoms with Crippen molar-refractivity contribution >= 4 is 5.97 Å². The molecule has 0 aliphatic carbocycles. The Morgan fingerprint density at radius 2 is 2.18 bits per heavy atom. The van der Waals surface area contributed by atoms with Crippen LogP contribution < -0.4 is 10.5 Å². The fraction of sp³-hybridized carbons (Fsp3) is 0.308. The molecule has 4 nitrogen and oxygen atoms in total. The molecule has 0 aliphatic rings. The topological polar surface area (TPSA) is 61.5 Å². The predicted molar refractivity (Wildman–Crippen MR) is 64.9 cm³/mol. The molecule has 1 rings (SSSR count). The van der Waals surface area contributed by atoms with Crippen LogP contribution in [0.15, 0.2) is 18.2 Å². The Labute approximate surface area is 101 Å². The van der Waals surface area contributed by atoms with E-state index in [1.807, 2.05) is 0 Å². The van der Waals surface area contributed by atoms with E-state index in [1.165, 1.54) is 7.11 Å². The third-order valence-electron chi connectivity index (χ3n) is 2.11. The molecule has 1 aromatic carbocycles. The van der Waals surface area contributed by atoms with Crippen LogP contribution in [0.1, 0.15) is 22.3 Å². The maximum Gasteiger partial charge on any atom is 0.337 e. The van der Waals surface area contributed by atoms with E-state index in [1.54, 1.807) is 25.3 Å². The summed E-state index contributed by atoms with van der Waals surface area (Å²) >= 11 is 0. The molecule has 0 spiro atoms. The summed E-state index contributed by atoms with van der Waals surface area (Å²) in [6, 6.07) is 4.98. The summed E-state index contributed by atoms with van der Waals surface area (Å²) in [4.78, 5) is 11.4. The Bertz CT molecular complexity index is 457.